The molecule has 0 aliphatic rings. The van der Waals surface area contributed by atoms with Gasteiger partial charge in [0.1, 0.15) is 0 Å². The molecule has 0 saturated carbocycles. The van der Waals surface area contributed by atoms with Crippen LogP contribution in [0.1, 0.15) is 6.92 Å². The minimum atomic E-state index is -0.407. The van der Waals surface area contributed by atoms with E-state index in [0.29, 0.717) is 11.8 Å². The quantitative estimate of drug-likeness (QED) is 0.411. The molecule has 76 valence electrons. The van der Waals surface area contributed by atoms with Gasteiger partial charge >= 0.3 is 5.97 Å². The monoisotopic (exact) mass is 214 g/mol. The summed E-state index contributed by atoms with van der Waals surface area (Å²) < 4.78 is 6.10. The number of aromatic nitrogens is 4. The average molecular weight is 214 g/mol. The minimum Gasteiger partial charge on any atom is -0.463 e. The molecule has 0 fully saturated rings. The Morgan fingerprint density at radius 2 is 2.50 bits per heavy atom. The maximum absolute atomic E-state index is 10.9. The molecule has 1 heterocycles. The van der Waals surface area contributed by atoms with Crippen molar-refractivity contribution in [2.24, 2.45) is 0 Å². The molecular weight excluding hydrogens is 204 g/mol. The smallest absolute Gasteiger partial charge is 0.332 e. The van der Waals surface area contributed by atoms with E-state index in [0.717, 1.165) is 0 Å². The molecule has 0 aromatic carbocycles. The van der Waals surface area contributed by atoms with Crippen molar-refractivity contribution in [2.75, 3.05) is 12.9 Å². The number of rotatable bonds is 4. The first-order valence-corrected chi connectivity index (χ1v) is 5.17. The fraction of sp³-hybridized carbons (Fsp3) is 0.429. The van der Waals surface area contributed by atoms with Crippen LogP contribution in [0.5, 0.6) is 0 Å². The van der Waals surface area contributed by atoms with Gasteiger partial charge in [0.15, 0.2) is 0 Å². The van der Waals surface area contributed by atoms with E-state index in [-0.39, 0.29) is 0 Å². The molecule has 1 aromatic heterocycles. The highest BCUT2D eigenvalue weighted by atomic mass is 32.2. The zero-order chi connectivity index (χ0) is 10.4. The van der Waals surface area contributed by atoms with E-state index in [2.05, 4.69) is 15.5 Å². The number of hydrogen-bond donors (Lipinski definition) is 0. The van der Waals surface area contributed by atoms with Crippen LogP contribution in [0.2, 0.25) is 0 Å². The van der Waals surface area contributed by atoms with E-state index >= 15 is 0 Å². The van der Waals surface area contributed by atoms with Crippen LogP contribution in [0, 0.1) is 0 Å². The molecule has 14 heavy (non-hydrogen) atoms. The second-order valence-electron chi connectivity index (χ2n) is 2.18. The Kier molecular flexibility index (Phi) is 4.11. The van der Waals surface area contributed by atoms with E-state index in [4.69, 9.17) is 4.74 Å². The molecule has 1 aromatic rings. The maximum atomic E-state index is 10.9. The molecule has 0 aliphatic carbocycles. The van der Waals surface area contributed by atoms with E-state index < -0.39 is 5.97 Å². The second-order valence-corrected chi connectivity index (χ2v) is 2.95. The second kappa shape index (κ2) is 5.38. The van der Waals surface area contributed by atoms with Crippen molar-refractivity contribution in [1.29, 1.82) is 0 Å². The van der Waals surface area contributed by atoms with Gasteiger partial charge in [-0.05, 0) is 23.6 Å². The molecular formula is C7H10N4O2S. The summed E-state index contributed by atoms with van der Waals surface area (Å²) in [5.74, 6) is -0.407. The summed E-state index contributed by atoms with van der Waals surface area (Å²) in [6.07, 6.45) is 4.59. The van der Waals surface area contributed by atoms with Crippen LogP contribution in [-0.2, 0) is 9.53 Å². The molecule has 1 rings (SSSR count). The van der Waals surface area contributed by atoms with Crippen LogP contribution in [-0.4, -0.2) is 39.0 Å². The van der Waals surface area contributed by atoms with E-state index in [1.807, 2.05) is 6.26 Å². The zero-order valence-corrected chi connectivity index (χ0v) is 8.69. The third-order valence-corrected chi connectivity index (χ3v) is 1.92. The van der Waals surface area contributed by atoms with Gasteiger partial charge in [0.25, 0.3) is 0 Å². The van der Waals surface area contributed by atoms with Crippen LogP contribution in [0.3, 0.4) is 0 Å². The Morgan fingerprint density at radius 1 is 1.71 bits per heavy atom. The predicted octanol–water partition coefficient (Wildman–Crippen LogP) is 0.429. The van der Waals surface area contributed by atoms with Gasteiger partial charge in [0, 0.05) is 12.3 Å². The molecule has 0 aliphatic heterocycles. The number of nitrogens with zero attached hydrogens (tertiary/aromatic N) is 4. The van der Waals surface area contributed by atoms with Gasteiger partial charge in [0.05, 0.1) is 6.61 Å². The summed E-state index contributed by atoms with van der Waals surface area (Å²) in [6.45, 7) is 2.10. The summed E-state index contributed by atoms with van der Waals surface area (Å²) in [4.78, 5) is 10.9. The number of esters is 1. The van der Waals surface area contributed by atoms with Crippen LogP contribution in [0.15, 0.2) is 11.2 Å². The lowest BCUT2D eigenvalue weighted by Crippen LogP contribution is -2.00. The summed E-state index contributed by atoms with van der Waals surface area (Å²) >= 11 is 1.39. The first-order chi connectivity index (χ1) is 6.77. The van der Waals surface area contributed by atoms with Crippen molar-refractivity contribution in [3.8, 4) is 0 Å². The Bertz CT molecular complexity index is 336. The van der Waals surface area contributed by atoms with Gasteiger partial charge in [-0.25, -0.2) is 4.79 Å². The number of carbonyl (C=O) groups excluding carboxylic acids is 1. The Hall–Kier alpha value is -1.37. The fourth-order valence-corrected chi connectivity index (χ4v) is 1.14. The highest BCUT2D eigenvalue weighted by Gasteiger charge is 2.01. The number of thioether (sulfide) groups is 1. The molecule has 0 radical (unpaired) electrons. The maximum Gasteiger partial charge on any atom is 0.332 e. The van der Waals surface area contributed by atoms with E-state index in [1.54, 1.807) is 6.92 Å². The third-order valence-electron chi connectivity index (χ3n) is 1.28. The Balaban J connectivity index is 2.63. The fourth-order valence-electron chi connectivity index (χ4n) is 0.735. The van der Waals surface area contributed by atoms with Crippen molar-refractivity contribution in [2.45, 2.75) is 12.1 Å². The standard InChI is InChI=1S/C7H10N4O2S/c1-3-13-6(12)4-5-11-7(14-2)8-9-10-11/h4-5H,3H2,1-2H3/b5-4+. The predicted molar refractivity (Wildman–Crippen MR) is 51.6 cm³/mol. The minimum absolute atomic E-state index is 0.355. The lowest BCUT2D eigenvalue weighted by Gasteiger charge is -1.95. The topological polar surface area (TPSA) is 69.9 Å². The number of tetrazole rings is 1. The summed E-state index contributed by atoms with van der Waals surface area (Å²) in [5, 5.41) is 11.5. The highest BCUT2D eigenvalue weighted by Crippen LogP contribution is 2.08. The number of ether oxygens (including phenoxy) is 1. The van der Waals surface area contributed by atoms with Crippen LogP contribution < -0.4 is 0 Å². The lowest BCUT2D eigenvalue weighted by atomic mass is 10.6. The van der Waals surface area contributed by atoms with Crippen molar-refractivity contribution >= 4 is 23.9 Å². The largest absolute Gasteiger partial charge is 0.463 e. The molecule has 0 atom stereocenters. The van der Waals surface area contributed by atoms with Gasteiger partial charge < -0.3 is 4.74 Å². The Labute approximate surface area is 85.3 Å². The number of hydrogen-bond acceptors (Lipinski definition) is 6. The molecule has 0 bridgehead atoms. The molecule has 6 nitrogen and oxygen atoms in total. The van der Waals surface area contributed by atoms with Gasteiger partial charge in [-0.15, -0.1) is 5.10 Å². The summed E-state index contributed by atoms with van der Waals surface area (Å²) in [6, 6.07) is 0. The molecule has 0 saturated heterocycles. The van der Waals surface area contributed by atoms with Gasteiger partial charge in [-0.1, -0.05) is 11.8 Å². The van der Waals surface area contributed by atoms with E-state index in [1.165, 1.54) is 28.7 Å². The zero-order valence-electron chi connectivity index (χ0n) is 7.88. The van der Waals surface area contributed by atoms with E-state index in [9.17, 15) is 4.79 Å². The van der Waals surface area contributed by atoms with Crippen molar-refractivity contribution in [1.82, 2.24) is 20.2 Å². The first kappa shape index (κ1) is 10.7. The average Bonchev–Trinajstić information content (AvgIpc) is 2.62. The molecule has 0 amide bonds. The Morgan fingerprint density at radius 3 is 3.14 bits per heavy atom. The van der Waals surface area contributed by atoms with Crippen LogP contribution >= 0.6 is 11.8 Å². The van der Waals surface area contributed by atoms with Gasteiger partial charge in [0.2, 0.25) is 5.16 Å². The van der Waals surface area contributed by atoms with Crippen molar-refractivity contribution < 1.29 is 9.53 Å². The molecule has 7 heteroatoms. The normalized spacial score (nSPS) is 10.7. The van der Waals surface area contributed by atoms with Gasteiger partial charge in [-0.3, -0.25) is 0 Å². The summed E-state index contributed by atoms with van der Waals surface area (Å²) in [5.41, 5.74) is 0. The molecule has 0 spiro atoms. The van der Waals surface area contributed by atoms with Crippen LogP contribution in [0.25, 0.3) is 6.20 Å². The summed E-state index contributed by atoms with van der Waals surface area (Å²) in [7, 11) is 0. The van der Waals surface area contributed by atoms with Crippen molar-refractivity contribution in [3.05, 3.63) is 6.08 Å². The SMILES string of the molecule is CCOC(=O)/C=C/n1nnnc1SC. The molecule has 0 unspecified atom stereocenters. The van der Waals surface area contributed by atoms with Gasteiger partial charge in [-0.2, -0.15) is 4.68 Å². The highest BCUT2D eigenvalue weighted by molar-refractivity contribution is 7.98. The first-order valence-electron chi connectivity index (χ1n) is 3.94. The third kappa shape index (κ3) is 2.84. The molecule has 0 N–H and O–H groups in total. The number of carbonyl (C=O) groups is 1. The lowest BCUT2D eigenvalue weighted by molar-refractivity contribution is -0.137. The van der Waals surface area contributed by atoms with Crippen LogP contribution in [0.4, 0.5) is 0 Å². The van der Waals surface area contributed by atoms with Crippen molar-refractivity contribution in [3.63, 3.8) is 0 Å².